The first-order chi connectivity index (χ1) is 9.79. The highest BCUT2D eigenvalue weighted by Crippen LogP contribution is 2.30. The molecule has 1 fully saturated rings. The Morgan fingerprint density at radius 2 is 2.15 bits per heavy atom. The Morgan fingerprint density at radius 3 is 2.90 bits per heavy atom. The topological polar surface area (TPSA) is 48.1 Å². The van der Waals surface area contributed by atoms with E-state index in [1.54, 1.807) is 6.20 Å². The Kier molecular flexibility index (Phi) is 6.67. The van der Waals surface area contributed by atoms with Crippen LogP contribution in [-0.4, -0.2) is 22.6 Å². The third kappa shape index (κ3) is 4.98. The smallest absolute Gasteiger partial charge is 0.137 e. The maximum absolute atomic E-state index is 6.29. The van der Waals surface area contributed by atoms with Gasteiger partial charge in [-0.15, -0.1) is 0 Å². The Labute approximate surface area is 126 Å². The largest absolute Gasteiger partial charge is 0.492 e. The first-order valence-electron chi connectivity index (χ1n) is 7.74. The maximum Gasteiger partial charge on any atom is 0.137 e. The summed E-state index contributed by atoms with van der Waals surface area (Å²) in [7, 11) is 0. The van der Waals surface area contributed by atoms with Gasteiger partial charge in [-0.2, -0.15) is 11.8 Å². The summed E-state index contributed by atoms with van der Waals surface area (Å²) in [6.07, 6.45) is 11.5. The zero-order valence-corrected chi connectivity index (χ0v) is 13.2. The molecule has 1 unspecified atom stereocenters. The molecule has 0 aromatic carbocycles. The number of hydrogen-bond acceptors (Lipinski definition) is 4. The van der Waals surface area contributed by atoms with Crippen molar-refractivity contribution in [3.8, 4) is 5.75 Å². The number of ether oxygens (including phenoxy) is 1. The summed E-state index contributed by atoms with van der Waals surface area (Å²) < 4.78 is 5.62. The predicted octanol–water partition coefficient (Wildman–Crippen LogP) is 3.94. The fraction of sp³-hybridized carbons (Fsp3) is 0.688. The van der Waals surface area contributed by atoms with Crippen molar-refractivity contribution in [2.24, 2.45) is 5.73 Å². The van der Waals surface area contributed by atoms with Crippen LogP contribution >= 0.6 is 11.8 Å². The lowest BCUT2D eigenvalue weighted by Crippen LogP contribution is -2.17. The van der Waals surface area contributed by atoms with Gasteiger partial charge in [0.2, 0.25) is 0 Å². The van der Waals surface area contributed by atoms with Crippen molar-refractivity contribution in [3.63, 3.8) is 0 Å². The van der Waals surface area contributed by atoms with E-state index in [-0.39, 0.29) is 6.04 Å². The highest BCUT2D eigenvalue weighted by Gasteiger charge is 2.16. The van der Waals surface area contributed by atoms with Gasteiger partial charge in [0.25, 0.3) is 0 Å². The van der Waals surface area contributed by atoms with Crippen LogP contribution in [0.25, 0.3) is 0 Å². The standard InChI is InChI=1S/C16H26N2OS/c1-2-8-19-14-9-13(10-18-11-14)16(17)12-20-15-6-4-3-5-7-15/h9-11,15-16H,2-8,12,17H2,1H3. The number of rotatable bonds is 7. The monoisotopic (exact) mass is 294 g/mol. The molecule has 1 saturated carbocycles. The van der Waals surface area contributed by atoms with Gasteiger partial charge in [-0.05, 0) is 30.9 Å². The van der Waals surface area contributed by atoms with E-state index in [2.05, 4.69) is 11.9 Å². The van der Waals surface area contributed by atoms with Crippen LogP contribution in [0.5, 0.6) is 5.75 Å². The molecule has 0 spiro atoms. The summed E-state index contributed by atoms with van der Waals surface area (Å²) in [5.41, 5.74) is 7.38. The highest BCUT2D eigenvalue weighted by molar-refractivity contribution is 7.99. The van der Waals surface area contributed by atoms with Crippen LogP contribution in [0.1, 0.15) is 57.1 Å². The first kappa shape index (κ1) is 15.6. The molecule has 1 aliphatic carbocycles. The molecule has 1 aromatic heterocycles. The van der Waals surface area contributed by atoms with Gasteiger partial charge in [0.15, 0.2) is 0 Å². The van der Waals surface area contributed by atoms with E-state index >= 15 is 0 Å². The molecule has 1 atom stereocenters. The van der Waals surface area contributed by atoms with E-state index in [4.69, 9.17) is 10.5 Å². The van der Waals surface area contributed by atoms with Gasteiger partial charge in [0.1, 0.15) is 5.75 Å². The number of aromatic nitrogens is 1. The van der Waals surface area contributed by atoms with Crippen LogP contribution in [0.2, 0.25) is 0 Å². The summed E-state index contributed by atoms with van der Waals surface area (Å²) in [5.74, 6) is 1.81. The summed E-state index contributed by atoms with van der Waals surface area (Å²) in [6.45, 7) is 2.83. The molecule has 0 radical (unpaired) electrons. The van der Waals surface area contributed by atoms with E-state index in [0.29, 0.717) is 0 Å². The average molecular weight is 294 g/mol. The molecule has 20 heavy (non-hydrogen) atoms. The molecule has 1 aliphatic rings. The summed E-state index contributed by atoms with van der Waals surface area (Å²) in [6, 6.07) is 2.09. The molecular weight excluding hydrogens is 268 g/mol. The van der Waals surface area contributed by atoms with E-state index in [0.717, 1.165) is 35.3 Å². The van der Waals surface area contributed by atoms with Crippen molar-refractivity contribution in [1.29, 1.82) is 0 Å². The lowest BCUT2D eigenvalue weighted by molar-refractivity contribution is 0.315. The minimum absolute atomic E-state index is 0.0552. The van der Waals surface area contributed by atoms with Crippen molar-refractivity contribution < 1.29 is 4.74 Å². The molecule has 3 nitrogen and oxygen atoms in total. The molecule has 0 bridgehead atoms. The Hall–Kier alpha value is -0.740. The SMILES string of the molecule is CCCOc1cncc(C(N)CSC2CCCCC2)c1. The molecule has 0 aliphatic heterocycles. The predicted molar refractivity (Wildman–Crippen MR) is 86.3 cm³/mol. The van der Waals surface area contributed by atoms with Crippen molar-refractivity contribution in [2.45, 2.75) is 56.7 Å². The van der Waals surface area contributed by atoms with Crippen molar-refractivity contribution in [3.05, 3.63) is 24.0 Å². The third-order valence-corrected chi connectivity index (χ3v) is 5.19. The second kappa shape index (κ2) is 8.53. The van der Waals surface area contributed by atoms with Gasteiger partial charge in [-0.25, -0.2) is 0 Å². The van der Waals surface area contributed by atoms with Gasteiger partial charge in [-0.1, -0.05) is 26.2 Å². The molecule has 0 saturated heterocycles. The number of nitrogens with zero attached hydrogens (tertiary/aromatic N) is 1. The molecule has 4 heteroatoms. The third-order valence-electron chi connectivity index (χ3n) is 3.70. The van der Waals surface area contributed by atoms with Crippen molar-refractivity contribution >= 4 is 11.8 Å². The zero-order valence-electron chi connectivity index (χ0n) is 12.4. The number of hydrogen-bond donors (Lipinski definition) is 1. The molecule has 1 aromatic rings. The van der Waals surface area contributed by atoms with E-state index in [1.807, 2.05) is 24.0 Å². The second-order valence-corrected chi connectivity index (χ2v) is 6.84. The fourth-order valence-electron chi connectivity index (χ4n) is 2.50. The average Bonchev–Trinajstić information content (AvgIpc) is 2.52. The normalized spacial score (nSPS) is 17.9. The number of nitrogens with two attached hydrogens (primary N) is 1. The van der Waals surface area contributed by atoms with Gasteiger partial charge < -0.3 is 10.5 Å². The van der Waals surface area contributed by atoms with Gasteiger partial charge in [0.05, 0.1) is 12.8 Å². The molecule has 112 valence electrons. The summed E-state index contributed by atoms with van der Waals surface area (Å²) in [5, 5.41) is 0.808. The Balaban J connectivity index is 1.82. The summed E-state index contributed by atoms with van der Waals surface area (Å²) in [4.78, 5) is 4.24. The number of thioether (sulfide) groups is 1. The van der Waals surface area contributed by atoms with Crippen LogP contribution in [0.4, 0.5) is 0 Å². The molecule has 2 N–H and O–H groups in total. The Bertz CT molecular complexity index is 394. The Morgan fingerprint density at radius 1 is 1.35 bits per heavy atom. The zero-order chi connectivity index (χ0) is 14.2. The lowest BCUT2D eigenvalue weighted by atomic mass is 10.0. The summed E-state index contributed by atoms with van der Waals surface area (Å²) >= 11 is 2.03. The lowest BCUT2D eigenvalue weighted by Gasteiger charge is -2.22. The van der Waals surface area contributed by atoms with Crippen LogP contribution in [0.3, 0.4) is 0 Å². The van der Waals surface area contributed by atoms with Crippen LogP contribution in [-0.2, 0) is 0 Å². The van der Waals surface area contributed by atoms with Crippen LogP contribution in [0.15, 0.2) is 18.5 Å². The van der Waals surface area contributed by atoms with E-state index in [1.165, 1.54) is 32.1 Å². The highest BCUT2D eigenvalue weighted by atomic mass is 32.2. The minimum Gasteiger partial charge on any atom is -0.492 e. The maximum atomic E-state index is 6.29. The number of pyridine rings is 1. The van der Waals surface area contributed by atoms with Gasteiger partial charge in [0, 0.05) is 23.2 Å². The van der Waals surface area contributed by atoms with Gasteiger partial charge in [-0.3, -0.25) is 4.98 Å². The molecule has 1 heterocycles. The minimum atomic E-state index is 0.0552. The fourth-order valence-corrected chi connectivity index (χ4v) is 3.84. The van der Waals surface area contributed by atoms with Crippen molar-refractivity contribution in [2.75, 3.05) is 12.4 Å². The van der Waals surface area contributed by atoms with Crippen LogP contribution in [0, 0.1) is 0 Å². The molecular formula is C16H26N2OS. The molecule has 0 amide bonds. The van der Waals surface area contributed by atoms with Crippen molar-refractivity contribution in [1.82, 2.24) is 4.98 Å². The second-order valence-electron chi connectivity index (χ2n) is 5.50. The quantitative estimate of drug-likeness (QED) is 0.827. The van der Waals surface area contributed by atoms with E-state index < -0.39 is 0 Å². The first-order valence-corrected chi connectivity index (χ1v) is 8.79. The van der Waals surface area contributed by atoms with Gasteiger partial charge >= 0.3 is 0 Å². The van der Waals surface area contributed by atoms with Crippen LogP contribution < -0.4 is 10.5 Å². The van der Waals surface area contributed by atoms with E-state index in [9.17, 15) is 0 Å². The molecule has 2 rings (SSSR count).